The summed E-state index contributed by atoms with van der Waals surface area (Å²) in [7, 11) is 2.09. The second-order valence-electron chi connectivity index (χ2n) is 6.20. The van der Waals surface area contributed by atoms with Crippen LogP contribution in [0.1, 0.15) is 11.3 Å². The van der Waals surface area contributed by atoms with Gasteiger partial charge in [-0.05, 0) is 25.0 Å². The molecule has 0 bridgehead atoms. The lowest BCUT2D eigenvalue weighted by Gasteiger charge is -2.29. The molecular weight excluding hydrogens is 290 g/mol. The second-order valence-corrected chi connectivity index (χ2v) is 6.20. The predicted molar refractivity (Wildman–Crippen MR) is 94.1 cm³/mol. The summed E-state index contributed by atoms with van der Waals surface area (Å²) >= 11 is 0. The molecule has 1 aliphatic heterocycles. The SMILES string of the molecule is C=C(O)C(N)Cc1c(C)n(C)c2c(N3CCOCC3)cccc12. The molecule has 2 heterocycles. The van der Waals surface area contributed by atoms with E-state index in [-0.39, 0.29) is 5.76 Å². The van der Waals surface area contributed by atoms with Gasteiger partial charge in [-0.1, -0.05) is 18.7 Å². The van der Waals surface area contributed by atoms with E-state index in [1.54, 1.807) is 0 Å². The number of rotatable bonds is 4. The first-order valence-electron chi connectivity index (χ1n) is 8.03. The zero-order valence-electron chi connectivity index (χ0n) is 13.9. The third-order valence-corrected chi connectivity index (χ3v) is 4.82. The molecule has 0 aliphatic carbocycles. The first kappa shape index (κ1) is 15.9. The van der Waals surface area contributed by atoms with E-state index < -0.39 is 6.04 Å². The molecule has 3 N–H and O–H groups in total. The molecule has 0 amide bonds. The van der Waals surface area contributed by atoms with Crippen LogP contribution < -0.4 is 10.6 Å². The molecule has 5 nitrogen and oxygen atoms in total. The van der Waals surface area contributed by atoms with Crippen molar-refractivity contribution < 1.29 is 9.84 Å². The van der Waals surface area contributed by atoms with Crippen LogP contribution in [-0.2, 0) is 18.2 Å². The maximum Gasteiger partial charge on any atom is 0.102 e. The second kappa shape index (κ2) is 6.26. The van der Waals surface area contributed by atoms with Crippen LogP contribution in [0.25, 0.3) is 10.9 Å². The minimum atomic E-state index is -0.439. The van der Waals surface area contributed by atoms with Crippen molar-refractivity contribution in [3.8, 4) is 0 Å². The number of hydrogen-bond donors (Lipinski definition) is 2. The quantitative estimate of drug-likeness (QED) is 0.850. The highest BCUT2D eigenvalue weighted by molar-refractivity contribution is 5.95. The molecule has 1 unspecified atom stereocenters. The number of anilines is 1. The number of aryl methyl sites for hydroxylation is 1. The van der Waals surface area contributed by atoms with Crippen LogP contribution in [0.2, 0.25) is 0 Å². The van der Waals surface area contributed by atoms with E-state index in [1.165, 1.54) is 27.8 Å². The van der Waals surface area contributed by atoms with Gasteiger partial charge in [-0.2, -0.15) is 0 Å². The van der Waals surface area contributed by atoms with Crippen molar-refractivity contribution in [3.63, 3.8) is 0 Å². The molecular formula is C18H25N3O2. The van der Waals surface area contributed by atoms with E-state index in [4.69, 9.17) is 10.5 Å². The topological polar surface area (TPSA) is 63.7 Å². The molecule has 2 aromatic rings. The number of fused-ring (bicyclic) bond motifs is 1. The van der Waals surface area contributed by atoms with Crippen LogP contribution >= 0.6 is 0 Å². The lowest BCUT2D eigenvalue weighted by Crippen LogP contribution is -2.36. The highest BCUT2D eigenvalue weighted by Crippen LogP contribution is 2.33. The predicted octanol–water partition coefficient (Wildman–Crippen LogP) is 2.26. The zero-order valence-corrected chi connectivity index (χ0v) is 13.9. The molecule has 1 atom stereocenters. The molecule has 1 fully saturated rings. The van der Waals surface area contributed by atoms with Crippen molar-refractivity contribution >= 4 is 16.6 Å². The van der Waals surface area contributed by atoms with Crippen molar-refractivity contribution in [2.45, 2.75) is 19.4 Å². The molecule has 1 aromatic carbocycles. The number of aromatic nitrogens is 1. The Balaban J connectivity index is 2.09. The van der Waals surface area contributed by atoms with Crippen LogP contribution in [0.4, 0.5) is 5.69 Å². The fraction of sp³-hybridized carbons (Fsp3) is 0.444. The number of ether oxygens (including phenoxy) is 1. The van der Waals surface area contributed by atoms with E-state index in [1.807, 2.05) is 0 Å². The maximum absolute atomic E-state index is 9.56. The Morgan fingerprint density at radius 3 is 2.74 bits per heavy atom. The zero-order chi connectivity index (χ0) is 16.6. The molecule has 5 heteroatoms. The molecule has 0 radical (unpaired) electrons. The van der Waals surface area contributed by atoms with Gasteiger partial charge >= 0.3 is 0 Å². The summed E-state index contributed by atoms with van der Waals surface area (Å²) < 4.78 is 7.69. The summed E-state index contributed by atoms with van der Waals surface area (Å²) in [6.07, 6.45) is 0.588. The third kappa shape index (κ3) is 2.82. The maximum atomic E-state index is 9.56. The molecule has 1 aliphatic rings. The monoisotopic (exact) mass is 315 g/mol. The van der Waals surface area contributed by atoms with Crippen LogP contribution in [0.3, 0.4) is 0 Å². The molecule has 1 aromatic heterocycles. The highest BCUT2D eigenvalue weighted by atomic mass is 16.5. The Kier molecular flexibility index (Phi) is 4.33. The number of aliphatic hydroxyl groups excluding tert-OH is 1. The van der Waals surface area contributed by atoms with Gasteiger partial charge in [0.2, 0.25) is 0 Å². The Morgan fingerprint density at radius 1 is 1.39 bits per heavy atom. The molecule has 124 valence electrons. The summed E-state index contributed by atoms with van der Waals surface area (Å²) in [6.45, 7) is 9.01. The van der Waals surface area contributed by atoms with Crippen molar-refractivity contribution in [2.75, 3.05) is 31.2 Å². The molecule has 1 saturated heterocycles. The Morgan fingerprint density at radius 2 is 2.09 bits per heavy atom. The van der Waals surface area contributed by atoms with Gasteiger partial charge in [0.1, 0.15) is 5.76 Å². The summed E-state index contributed by atoms with van der Waals surface area (Å²) in [5.41, 5.74) is 10.8. The summed E-state index contributed by atoms with van der Waals surface area (Å²) in [6, 6.07) is 5.96. The highest BCUT2D eigenvalue weighted by Gasteiger charge is 2.21. The van der Waals surface area contributed by atoms with Gasteiger partial charge in [0, 0.05) is 31.2 Å². The Hall–Kier alpha value is -1.98. The number of benzene rings is 1. The van der Waals surface area contributed by atoms with Gasteiger partial charge in [0.25, 0.3) is 0 Å². The minimum Gasteiger partial charge on any atom is -0.511 e. The largest absolute Gasteiger partial charge is 0.511 e. The van der Waals surface area contributed by atoms with Crippen LogP contribution in [0.5, 0.6) is 0 Å². The van der Waals surface area contributed by atoms with Crippen molar-refractivity contribution in [1.29, 1.82) is 0 Å². The summed E-state index contributed by atoms with van der Waals surface area (Å²) in [5, 5.41) is 10.8. The van der Waals surface area contributed by atoms with Crippen molar-refractivity contribution in [2.24, 2.45) is 12.8 Å². The van der Waals surface area contributed by atoms with Gasteiger partial charge in [0.05, 0.1) is 30.5 Å². The normalized spacial score (nSPS) is 16.7. The fourth-order valence-corrected chi connectivity index (χ4v) is 3.35. The minimum absolute atomic E-state index is 0.0331. The van der Waals surface area contributed by atoms with E-state index in [9.17, 15) is 5.11 Å². The summed E-state index contributed by atoms with van der Waals surface area (Å²) in [5.74, 6) is 0.0331. The number of nitrogens with zero attached hydrogens (tertiary/aromatic N) is 2. The standard InChI is InChI=1S/C18H25N3O2/c1-12-15(11-16(19)13(2)22)14-5-4-6-17(18(14)20(12)3)21-7-9-23-10-8-21/h4-6,16,22H,2,7-11,19H2,1,3H3. The van der Waals surface area contributed by atoms with E-state index in [0.29, 0.717) is 6.42 Å². The summed E-state index contributed by atoms with van der Waals surface area (Å²) in [4.78, 5) is 2.37. The Labute approximate surface area is 136 Å². The number of para-hydroxylation sites is 1. The average Bonchev–Trinajstić information content (AvgIpc) is 2.80. The first-order chi connectivity index (χ1) is 11.0. The lowest BCUT2D eigenvalue weighted by molar-refractivity contribution is 0.123. The number of aliphatic hydroxyl groups is 1. The van der Waals surface area contributed by atoms with Gasteiger partial charge in [-0.3, -0.25) is 0 Å². The van der Waals surface area contributed by atoms with Gasteiger partial charge in [-0.25, -0.2) is 0 Å². The fourth-order valence-electron chi connectivity index (χ4n) is 3.35. The average molecular weight is 315 g/mol. The van der Waals surface area contributed by atoms with Gasteiger partial charge in [0.15, 0.2) is 0 Å². The number of hydrogen-bond acceptors (Lipinski definition) is 4. The van der Waals surface area contributed by atoms with Crippen LogP contribution in [0.15, 0.2) is 30.5 Å². The number of nitrogens with two attached hydrogens (primary N) is 1. The van der Waals surface area contributed by atoms with Crippen molar-refractivity contribution in [3.05, 3.63) is 41.8 Å². The smallest absolute Gasteiger partial charge is 0.102 e. The third-order valence-electron chi connectivity index (χ3n) is 4.82. The van der Waals surface area contributed by atoms with E-state index >= 15 is 0 Å². The van der Waals surface area contributed by atoms with E-state index in [0.717, 1.165) is 26.3 Å². The van der Waals surface area contributed by atoms with Gasteiger partial charge in [-0.15, -0.1) is 0 Å². The first-order valence-corrected chi connectivity index (χ1v) is 8.03. The molecule has 3 rings (SSSR count). The molecule has 0 spiro atoms. The molecule has 0 saturated carbocycles. The number of morpholine rings is 1. The van der Waals surface area contributed by atoms with E-state index in [2.05, 4.69) is 48.2 Å². The Bertz CT molecular complexity index is 729. The van der Waals surface area contributed by atoms with Crippen LogP contribution in [0, 0.1) is 6.92 Å². The molecule has 23 heavy (non-hydrogen) atoms. The lowest BCUT2D eigenvalue weighted by atomic mass is 10.0. The van der Waals surface area contributed by atoms with Gasteiger partial charge < -0.3 is 25.0 Å². The van der Waals surface area contributed by atoms with Crippen LogP contribution in [-0.4, -0.2) is 42.0 Å². The van der Waals surface area contributed by atoms with Crippen molar-refractivity contribution in [1.82, 2.24) is 4.57 Å².